The minimum atomic E-state index is -0.102. The van der Waals surface area contributed by atoms with Crippen molar-refractivity contribution in [2.24, 2.45) is 0 Å². The standard InChI is InChI=1S/C9H15NO2/c1-2-12-9(11)10-7-5-3-4-6-8(7)10/h7-8H,2-6H2,1H3/t7-,8+,10?. The van der Waals surface area contributed by atoms with Crippen molar-refractivity contribution in [3.8, 4) is 0 Å². The van der Waals surface area contributed by atoms with Crippen LogP contribution in [-0.4, -0.2) is 29.7 Å². The number of likely N-dealkylation sites (tertiary alicyclic amines) is 1. The summed E-state index contributed by atoms with van der Waals surface area (Å²) < 4.78 is 4.94. The summed E-state index contributed by atoms with van der Waals surface area (Å²) in [7, 11) is 0. The monoisotopic (exact) mass is 169 g/mol. The van der Waals surface area contributed by atoms with Crippen molar-refractivity contribution in [3.05, 3.63) is 0 Å². The van der Waals surface area contributed by atoms with Gasteiger partial charge in [0, 0.05) is 0 Å². The maximum absolute atomic E-state index is 11.3. The van der Waals surface area contributed by atoms with Gasteiger partial charge in [0.2, 0.25) is 0 Å². The van der Waals surface area contributed by atoms with Gasteiger partial charge in [-0.15, -0.1) is 0 Å². The van der Waals surface area contributed by atoms with Crippen LogP contribution in [0.3, 0.4) is 0 Å². The lowest BCUT2D eigenvalue weighted by Gasteiger charge is -2.02. The Labute approximate surface area is 72.7 Å². The summed E-state index contributed by atoms with van der Waals surface area (Å²) in [6.45, 7) is 2.35. The van der Waals surface area contributed by atoms with Crippen LogP contribution in [0.4, 0.5) is 4.79 Å². The highest BCUT2D eigenvalue weighted by molar-refractivity contribution is 5.72. The zero-order chi connectivity index (χ0) is 8.55. The first-order valence-corrected chi connectivity index (χ1v) is 4.79. The van der Waals surface area contributed by atoms with Crippen LogP contribution in [0.2, 0.25) is 0 Å². The molecule has 0 spiro atoms. The molecule has 0 radical (unpaired) electrons. The molecule has 0 bridgehead atoms. The largest absolute Gasteiger partial charge is 0.450 e. The number of hydrogen-bond donors (Lipinski definition) is 0. The van der Waals surface area contributed by atoms with E-state index in [9.17, 15) is 4.79 Å². The van der Waals surface area contributed by atoms with E-state index in [2.05, 4.69) is 0 Å². The molecule has 1 aliphatic heterocycles. The number of carbonyl (C=O) groups excluding carboxylic acids is 1. The van der Waals surface area contributed by atoms with Gasteiger partial charge < -0.3 is 4.74 Å². The van der Waals surface area contributed by atoms with Crippen LogP contribution in [0.25, 0.3) is 0 Å². The number of carbonyl (C=O) groups is 1. The van der Waals surface area contributed by atoms with Gasteiger partial charge in [-0.1, -0.05) is 12.8 Å². The fourth-order valence-electron chi connectivity index (χ4n) is 2.17. The minimum Gasteiger partial charge on any atom is -0.450 e. The lowest BCUT2D eigenvalue weighted by Crippen LogP contribution is -2.15. The second-order valence-corrected chi connectivity index (χ2v) is 3.53. The van der Waals surface area contributed by atoms with Crippen molar-refractivity contribution in [1.29, 1.82) is 0 Å². The first kappa shape index (κ1) is 7.90. The van der Waals surface area contributed by atoms with Gasteiger partial charge in [0.05, 0.1) is 18.7 Å². The fraction of sp³-hybridized carbons (Fsp3) is 0.889. The Kier molecular flexibility index (Phi) is 1.95. The highest BCUT2D eigenvalue weighted by atomic mass is 16.6. The van der Waals surface area contributed by atoms with Crippen LogP contribution >= 0.6 is 0 Å². The molecule has 68 valence electrons. The van der Waals surface area contributed by atoms with E-state index in [-0.39, 0.29) is 6.09 Å². The molecule has 1 aliphatic carbocycles. The van der Waals surface area contributed by atoms with E-state index in [1.165, 1.54) is 25.7 Å². The molecule has 2 atom stereocenters. The molecule has 0 aromatic carbocycles. The smallest absolute Gasteiger partial charge is 0.410 e. The van der Waals surface area contributed by atoms with E-state index < -0.39 is 0 Å². The summed E-state index contributed by atoms with van der Waals surface area (Å²) in [6.07, 6.45) is 4.82. The molecule has 3 heteroatoms. The maximum atomic E-state index is 11.3. The number of amides is 1. The molecular formula is C9H15NO2. The van der Waals surface area contributed by atoms with E-state index in [0.717, 1.165) is 0 Å². The Bertz CT molecular complexity index is 181. The molecule has 2 aliphatic rings. The van der Waals surface area contributed by atoms with Gasteiger partial charge in [-0.25, -0.2) is 4.79 Å². The molecule has 2 fully saturated rings. The topological polar surface area (TPSA) is 29.3 Å². The number of rotatable bonds is 1. The molecule has 1 heterocycles. The molecule has 12 heavy (non-hydrogen) atoms. The quantitative estimate of drug-likeness (QED) is 0.560. The Morgan fingerprint density at radius 3 is 2.50 bits per heavy atom. The second kappa shape index (κ2) is 2.96. The van der Waals surface area contributed by atoms with Gasteiger partial charge in [0.25, 0.3) is 0 Å². The van der Waals surface area contributed by atoms with E-state index >= 15 is 0 Å². The lowest BCUT2D eigenvalue weighted by molar-refractivity contribution is 0.132. The van der Waals surface area contributed by atoms with Crippen molar-refractivity contribution in [1.82, 2.24) is 4.90 Å². The zero-order valence-electron chi connectivity index (χ0n) is 7.45. The molecule has 2 rings (SSSR count). The van der Waals surface area contributed by atoms with E-state index in [4.69, 9.17) is 4.74 Å². The van der Waals surface area contributed by atoms with Crippen LogP contribution in [0, 0.1) is 0 Å². The first-order valence-electron chi connectivity index (χ1n) is 4.79. The van der Waals surface area contributed by atoms with Crippen LogP contribution in [0.1, 0.15) is 32.6 Å². The maximum Gasteiger partial charge on any atom is 0.410 e. The van der Waals surface area contributed by atoms with Gasteiger partial charge in [0.1, 0.15) is 0 Å². The highest BCUT2D eigenvalue weighted by Gasteiger charge is 2.52. The SMILES string of the molecule is CCOC(=O)N1[C@@H]2CCCC[C@@H]21. The van der Waals surface area contributed by atoms with Crippen molar-refractivity contribution in [2.75, 3.05) is 6.61 Å². The summed E-state index contributed by atoms with van der Waals surface area (Å²) in [6, 6.07) is 1.05. The third-order valence-electron chi connectivity index (χ3n) is 2.80. The van der Waals surface area contributed by atoms with Gasteiger partial charge >= 0.3 is 6.09 Å². The third-order valence-corrected chi connectivity index (χ3v) is 2.80. The second-order valence-electron chi connectivity index (χ2n) is 3.53. The number of ether oxygens (including phenoxy) is 1. The van der Waals surface area contributed by atoms with Crippen molar-refractivity contribution >= 4 is 6.09 Å². The molecule has 0 aromatic heterocycles. The van der Waals surface area contributed by atoms with Crippen molar-refractivity contribution in [3.63, 3.8) is 0 Å². The van der Waals surface area contributed by atoms with Crippen LogP contribution in [0.5, 0.6) is 0 Å². The summed E-state index contributed by atoms with van der Waals surface area (Å²) in [5.41, 5.74) is 0. The predicted molar refractivity (Wildman–Crippen MR) is 44.9 cm³/mol. The highest BCUT2D eigenvalue weighted by Crippen LogP contribution is 2.40. The molecule has 0 aromatic rings. The van der Waals surface area contributed by atoms with Gasteiger partial charge in [-0.2, -0.15) is 0 Å². The Morgan fingerprint density at radius 1 is 1.42 bits per heavy atom. The summed E-state index contributed by atoms with van der Waals surface area (Å²) in [5.74, 6) is 0. The van der Waals surface area contributed by atoms with E-state index in [1.54, 1.807) is 0 Å². The van der Waals surface area contributed by atoms with Crippen LogP contribution in [0.15, 0.2) is 0 Å². The lowest BCUT2D eigenvalue weighted by atomic mass is 10.0. The fourth-order valence-corrected chi connectivity index (χ4v) is 2.17. The Balaban J connectivity index is 1.87. The average Bonchev–Trinajstić information content (AvgIpc) is 2.78. The Morgan fingerprint density at radius 2 is 2.00 bits per heavy atom. The number of nitrogens with zero attached hydrogens (tertiary/aromatic N) is 1. The zero-order valence-corrected chi connectivity index (χ0v) is 7.45. The summed E-state index contributed by atoms with van der Waals surface area (Å²) >= 11 is 0. The first-order chi connectivity index (χ1) is 5.84. The normalized spacial score (nSPS) is 32.6. The predicted octanol–water partition coefficient (Wildman–Crippen LogP) is 1.77. The van der Waals surface area contributed by atoms with Crippen LogP contribution < -0.4 is 0 Å². The van der Waals surface area contributed by atoms with Crippen LogP contribution in [-0.2, 0) is 4.74 Å². The molecular weight excluding hydrogens is 154 g/mol. The molecule has 3 nitrogen and oxygen atoms in total. The summed E-state index contributed by atoms with van der Waals surface area (Å²) in [4.78, 5) is 13.2. The molecule has 1 saturated heterocycles. The van der Waals surface area contributed by atoms with Gasteiger partial charge in [0.15, 0.2) is 0 Å². The third kappa shape index (κ3) is 1.17. The molecule has 1 amide bonds. The molecule has 1 saturated carbocycles. The van der Waals surface area contributed by atoms with Gasteiger partial charge in [-0.05, 0) is 19.8 Å². The van der Waals surface area contributed by atoms with Gasteiger partial charge in [-0.3, -0.25) is 4.90 Å². The number of fused-ring (bicyclic) bond motifs is 1. The molecule has 0 N–H and O–H groups in total. The van der Waals surface area contributed by atoms with Crippen molar-refractivity contribution < 1.29 is 9.53 Å². The summed E-state index contributed by atoms with van der Waals surface area (Å²) in [5, 5.41) is 0. The van der Waals surface area contributed by atoms with E-state index in [0.29, 0.717) is 18.7 Å². The average molecular weight is 169 g/mol. The number of hydrogen-bond acceptors (Lipinski definition) is 2. The van der Waals surface area contributed by atoms with Crippen molar-refractivity contribution in [2.45, 2.75) is 44.7 Å². The van der Waals surface area contributed by atoms with E-state index in [1.807, 2.05) is 11.8 Å². The molecule has 0 unspecified atom stereocenters. The minimum absolute atomic E-state index is 0.102. The Hall–Kier alpha value is -0.730.